The lowest BCUT2D eigenvalue weighted by Gasteiger charge is -2.07. The molecule has 8 heteroatoms. The fourth-order valence-corrected chi connectivity index (χ4v) is 4.08. The van der Waals surface area contributed by atoms with Gasteiger partial charge in [0.25, 0.3) is 5.91 Å². The first-order valence-corrected chi connectivity index (χ1v) is 10.5. The fraction of sp³-hybridized carbons (Fsp3) is 0.261. The number of amides is 1. The highest BCUT2D eigenvalue weighted by molar-refractivity contribution is 7.18. The number of aryl methyl sites for hydroxylation is 1. The van der Waals surface area contributed by atoms with E-state index in [1.807, 2.05) is 31.2 Å². The van der Waals surface area contributed by atoms with Crippen molar-refractivity contribution in [3.05, 3.63) is 69.5 Å². The molecule has 0 saturated heterocycles. The maximum atomic E-state index is 12.7. The Morgan fingerprint density at radius 3 is 2.52 bits per heavy atom. The number of nitrogens with one attached hydrogen (secondary N) is 1. The van der Waals surface area contributed by atoms with E-state index < -0.39 is 11.9 Å². The molecule has 162 valence electrons. The Labute approximate surface area is 184 Å². The second-order valence-corrected chi connectivity index (χ2v) is 7.83. The summed E-state index contributed by atoms with van der Waals surface area (Å²) in [6, 6.07) is 10.8. The number of carbonyl (C=O) groups is 3. The molecule has 0 spiro atoms. The molecule has 3 aromatic rings. The largest absolute Gasteiger partial charge is 0.485 e. The fourth-order valence-electron chi connectivity index (χ4n) is 3.00. The molecule has 0 atom stereocenters. The van der Waals surface area contributed by atoms with Crippen LogP contribution in [0.1, 0.15) is 61.3 Å². The zero-order chi connectivity index (χ0) is 22.5. The van der Waals surface area contributed by atoms with Crippen LogP contribution in [0.5, 0.6) is 5.75 Å². The highest BCUT2D eigenvalue weighted by atomic mass is 32.1. The Hall–Kier alpha value is -3.39. The summed E-state index contributed by atoms with van der Waals surface area (Å²) in [7, 11) is 0. The van der Waals surface area contributed by atoms with Gasteiger partial charge in [-0.15, -0.1) is 11.3 Å². The molecule has 1 N–H and O–H groups in total. The molecule has 0 aliphatic carbocycles. The Balaban J connectivity index is 1.76. The van der Waals surface area contributed by atoms with Gasteiger partial charge >= 0.3 is 5.97 Å². The number of benzene rings is 1. The van der Waals surface area contributed by atoms with Crippen LogP contribution in [0.15, 0.2) is 40.8 Å². The number of para-hydroxylation sites is 1. The molecular formula is C23H23NO6S. The first-order chi connectivity index (χ1) is 14.8. The van der Waals surface area contributed by atoms with E-state index in [9.17, 15) is 14.4 Å². The van der Waals surface area contributed by atoms with Gasteiger partial charge < -0.3 is 19.2 Å². The summed E-state index contributed by atoms with van der Waals surface area (Å²) in [6.45, 7) is 7.04. The van der Waals surface area contributed by atoms with Crippen molar-refractivity contribution in [2.45, 2.75) is 34.3 Å². The molecule has 3 rings (SSSR count). The molecule has 0 unspecified atom stereocenters. The first-order valence-electron chi connectivity index (χ1n) is 9.71. The summed E-state index contributed by atoms with van der Waals surface area (Å²) in [5.74, 6) is -0.0497. The van der Waals surface area contributed by atoms with Crippen molar-refractivity contribution in [2.24, 2.45) is 0 Å². The van der Waals surface area contributed by atoms with Crippen molar-refractivity contribution in [3.63, 3.8) is 0 Å². The third-order valence-corrected chi connectivity index (χ3v) is 5.83. The van der Waals surface area contributed by atoms with Crippen molar-refractivity contribution in [1.82, 2.24) is 0 Å². The van der Waals surface area contributed by atoms with E-state index in [1.165, 1.54) is 13.0 Å². The van der Waals surface area contributed by atoms with Crippen molar-refractivity contribution in [3.8, 4) is 5.75 Å². The summed E-state index contributed by atoms with van der Waals surface area (Å²) in [5.41, 5.74) is 1.66. The minimum absolute atomic E-state index is 0.0635. The standard InChI is InChI=1S/C23H23NO6S/c1-5-28-23(27)19-14(3)20(15(4)25)31-22(19)24-21(26)18-11-10-16(30-18)12-29-17-9-7-6-8-13(17)2/h6-11H,5,12H2,1-4H3,(H,24,26). The Kier molecular flexibility index (Phi) is 6.91. The highest BCUT2D eigenvalue weighted by Crippen LogP contribution is 2.34. The van der Waals surface area contributed by atoms with Crippen molar-refractivity contribution in [1.29, 1.82) is 0 Å². The van der Waals surface area contributed by atoms with Gasteiger partial charge in [0.15, 0.2) is 11.5 Å². The molecule has 1 amide bonds. The molecule has 0 bridgehead atoms. The number of esters is 1. The molecule has 0 saturated carbocycles. The average molecular weight is 442 g/mol. The molecule has 0 fully saturated rings. The molecule has 31 heavy (non-hydrogen) atoms. The molecule has 7 nitrogen and oxygen atoms in total. The number of ketones is 1. The van der Waals surface area contributed by atoms with Crippen LogP contribution in [0.2, 0.25) is 0 Å². The Morgan fingerprint density at radius 2 is 1.84 bits per heavy atom. The van der Waals surface area contributed by atoms with Crippen molar-refractivity contribution >= 4 is 34.0 Å². The van der Waals surface area contributed by atoms with Gasteiger partial charge in [0, 0.05) is 0 Å². The van der Waals surface area contributed by atoms with Gasteiger partial charge in [-0.25, -0.2) is 4.79 Å². The summed E-state index contributed by atoms with van der Waals surface area (Å²) in [6.07, 6.45) is 0. The highest BCUT2D eigenvalue weighted by Gasteiger charge is 2.26. The van der Waals surface area contributed by atoms with Gasteiger partial charge in [0.05, 0.1) is 17.0 Å². The van der Waals surface area contributed by atoms with Crippen LogP contribution in [0.25, 0.3) is 0 Å². The van der Waals surface area contributed by atoms with E-state index in [4.69, 9.17) is 13.9 Å². The number of Topliss-reactive ketones (excluding diaryl/α,β-unsaturated/α-hetero) is 1. The van der Waals surface area contributed by atoms with Gasteiger partial charge in [-0.05, 0) is 57.0 Å². The van der Waals surface area contributed by atoms with E-state index >= 15 is 0 Å². The Morgan fingerprint density at radius 1 is 1.10 bits per heavy atom. The third-order valence-electron chi connectivity index (χ3n) is 4.52. The van der Waals surface area contributed by atoms with E-state index in [-0.39, 0.29) is 35.3 Å². The lowest BCUT2D eigenvalue weighted by Crippen LogP contribution is -2.14. The number of hydrogen-bond donors (Lipinski definition) is 1. The number of ether oxygens (including phenoxy) is 2. The second kappa shape index (κ2) is 9.61. The molecule has 0 radical (unpaired) electrons. The zero-order valence-electron chi connectivity index (χ0n) is 17.7. The van der Waals surface area contributed by atoms with E-state index in [2.05, 4.69) is 5.32 Å². The maximum absolute atomic E-state index is 12.7. The lowest BCUT2D eigenvalue weighted by molar-refractivity contribution is 0.0527. The van der Waals surface area contributed by atoms with Gasteiger partial charge in [-0.1, -0.05) is 18.2 Å². The number of thiophene rings is 1. The van der Waals surface area contributed by atoms with Gasteiger partial charge in [0.2, 0.25) is 0 Å². The molecule has 2 aromatic heterocycles. The number of anilines is 1. The van der Waals surface area contributed by atoms with Gasteiger partial charge in [-0.2, -0.15) is 0 Å². The predicted octanol–water partition coefficient (Wildman–Crippen LogP) is 5.17. The van der Waals surface area contributed by atoms with Crippen LogP contribution in [-0.4, -0.2) is 24.3 Å². The normalized spacial score (nSPS) is 10.6. The molecule has 2 heterocycles. The smallest absolute Gasteiger partial charge is 0.341 e. The number of furan rings is 1. The number of hydrogen-bond acceptors (Lipinski definition) is 7. The van der Waals surface area contributed by atoms with E-state index in [0.717, 1.165) is 22.6 Å². The molecule has 0 aliphatic heterocycles. The van der Waals surface area contributed by atoms with E-state index in [1.54, 1.807) is 19.9 Å². The van der Waals surface area contributed by atoms with Crippen LogP contribution in [0.3, 0.4) is 0 Å². The predicted molar refractivity (Wildman–Crippen MR) is 117 cm³/mol. The van der Waals surface area contributed by atoms with Crippen molar-refractivity contribution in [2.75, 3.05) is 11.9 Å². The van der Waals surface area contributed by atoms with Crippen LogP contribution in [0.4, 0.5) is 5.00 Å². The summed E-state index contributed by atoms with van der Waals surface area (Å²) < 4.78 is 16.4. The van der Waals surface area contributed by atoms with E-state index in [0.29, 0.717) is 16.2 Å². The van der Waals surface area contributed by atoms with Crippen molar-refractivity contribution < 1.29 is 28.3 Å². The average Bonchev–Trinajstić information content (AvgIpc) is 3.32. The van der Waals surface area contributed by atoms with Crippen LogP contribution in [0, 0.1) is 13.8 Å². The third kappa shape index (κ3) is 5.03. The zero-order valence-corrected chi connectivity index (χ0v) is 18.6. The van der Waals surface area contributed by atoms with Crippen LogP contribution in [-0.2, 0) is 11.3 Å². The molecule has 0 aliphatic rings. The molecule has 1 aromatic carbocycles. The Bertz CT molecular complexity index is 1130. The summed E-state index contributed by atoms with van der Waals surface area (Å²) in [4.78, 5) is 37.4. The quantitative estimate of drug-likeness (QED) is 0.383. The first kappa shape index (κ1) is 22.3. The monoisotopic (exact) mass is 441 g/mol. The summed E-state index contributed by atoms with van der Waals surface area (Å²) in [5, 5.41) is 2.92. The SMILES string of the molecule is CCOC(=O)c1c(NC(=O)c2ccc(COc3ccccc3C)o2)sc(C(C)=O)c1C. The van der Waals surface area contributed by atoms with Gasteiger partial charge in [-0.3, -0.25) is 9.59 Å². The second-order valence-electron chi connectivity index (χ2n) is 6.81. The summed E-state index contributed by atoms with van der Waals surface area (Å²) >= 11 is 1.04. The number of rotatable bonds is 8. The van der Waals surface area contributed by atoms with Gasteiger partial charge in [0.1, 0.15) is 23.1 Å². The minimum Gasteiger partial charge on any atom is -0.485 e. The number of carbonyl (C=O) groups excluding carboxylic acids is 3. The maximum Gasteiger partial charge on any atom is 0.341 e. The minimum atomic E-state index is -0.592. The molecular weight excluding hydrogens is 418 g/mol. The van der Waals surface area contributed by atoms with Crippen LogP contribution >= 0.6 is 11.3 Å². The van der Waals surface area contributed by atoms with Crippen LogP contribution < -0.4 is 10.1 Å². The lowest BCUT2D eigenvalue weighted by atomic mass is 10.1. The topological polar surface area (TPSA) is 94.8 Å².